The van der Waals surface area contributed by atoms with Crippen LogP contribution in [0.4, 0.5) is 0 Å². The van der Waals surface area contributed by atoms with Gasteiger partial charge in [-0.1, -0.05) is 6.07 Å². The summed E-state index contributed by atoms with van der Waals surface area (Å²) in [5.41, 5.74) is 3.16. The van der Waals surface area contributed by atoms with Crippen molar-refractivity contribution in [3.63, 3.8) is 0 Å². The van der Waals surface area contributed by atoms with Crippen molar-refractivity contribution in [3.05, 3.63) is 77.9 Å². The maximum Gasteiger partial charge on any atom is 0.255 e. The van der Waals surface area contributed by atoms with E-state index in [1.165, 1.54) is 0 Å². The first kappa shape index (κ1) is 22.3. The normalized spacial score (nSPS) is 11.1. The summed E-state index contributed by atoms with van der Waals surface area (Å²) >= 11 is 0. The van der Waals surface area contributed by atoms with Gasteiger partial charge in [-0.2, -0.15) is 5.10 Å². The summed E-state index contributed by atoms with van der Waals surface area (Å²) in [5, 5.41) is 5.30. The highest BCUT2D eigenvalue weighted by molar-refractivity contribution is 5.97. The van der Waals surface area contributed by atoms with Crippen molar-refractivity contribution >= 4 is 16.9 Å². The van der Waals surface area contributed by atoms with Gasteiger partial charge in [-0.25, -0.2) is 9.67 Å². The summed E-state index contributed by atoms with van der Waals surface area (Å²) in [5.74, 6) is 1.36. The lowest BCUT2D eigenvalue weighted by Gasteiger charge is -2.26. The molecule has 8 nitrogen and oxygen atoms in total. The van der Waals surface area contributed by atoms with Crippen molar-refractivity contribution in [2.75, 3.05) is 14.2 Å². The van der Waals surface area contributed by atoms with E-state index in [2.05, 4.69) is 15.1 Å². The predicted octanol–water partition coefficient (Wildman–Crippen LogP) is 3.94. The standard InChI is InChI=1S/C25H27N5O3/c1-17(2)29(15-18-6-5-9-26-12-18)25(31)21-10-20-14-28-30(24(20)27-13-21)16-19-7-8-22(32-3)11-23(19)33-4/h5-14,17H,15-16H2,1-4H3. The lowest BCUT2D eigenvalue weighted by atomic mass is 10.1. The summed E-state index contributed by atoms with van der Waals surface area (Å²) in [6, 6.07) is 11.4. The molecular formula is C25H27N5O3. The molecule has 0 saturated heterocycles. The van der Waals surface area contributed by atoms with Crippen LogP contribution >= 0.6 is 0 Å². The molecule has 170 valence electrons. The van der Waals surface area contributed by atoms with E-state index < -0.39 is 0 Å². The molecule has 8 heteroatoms. The first-order valence-corrected chi connectivity index (χ1v) is 10.7. The summed E-state index contributed by atoms with van der Waals surface area (Å²) in [4.78, 5) is 23.8. The molecule has 0 fully saturated rings. The Labute approximate surface area is 192 Å². The van der Waals surface area contributed by atoms with Crippen LogP contribution in [-0.2, 0) is 13.1 Å². The highest BCUT2D eigenvalue weighted by atomic mass is 16.5. The van der Waals surface area contributed by atoms with Crippen LogP contribution in [0.5, 0.6) is 11.5 Å². The minimum atomic E-state index is -0.0761. The average molecular weight is 446 g/mol. The van der Waals surface area contributed by atoms with E-state index >= 15 is 0 Å². The molecule has 4 rings (SSSR count). The third-order valence-corrected chi connectivity index (χ3v) is 5.50. The van der Waals surface area contributed by atoms with Gasteiger partial charge in [0.05, 0.1) is 32.5 Å². The van der Waals surface area contributed by atoms with Crippen LogP contribution in [0.1, 0.15) is 35.3 Å². The first-order chi connectivity index (χ1) is 16.0. The molecule has 0 N–H and O–H groups in total. The maximum atomic E-state index is 13.3. The van der Waals surface area contributed by atoms with Crippen LogP contribution in [-0.4, -0.2) is 50.8 Å². The summed E-state index contributed by atoms with van der Waals surface area (Å²) in [6.45, 7) is 4.97. The van der Waals surface area contributed by atoms with Crippen LogP contribution in [0, 0.1) is 0 Å². The van der Waals surface area contributed by atoms with Crippen molar-refractivity contribution in [1.82, 2.24) is 24.6 Å². The van der Waals surface area contributed by atoms with Gasteiger partial charge in [-0.3, -0.25) is 9.78 Å². The summed E-state index contributed by atoms with van der Waals surface area (Å²) in [6.07, 6.45) is 6.85. The quantitative estimate of drug-likeness (QED) is 0.409. The van der Waals surface area contributed by atoms with E-state index in [1.807, 2.05) is 55.1 Å². The third kappa shape index (κ3) is 4.79. The minimum Gasteiger partial charge on any atom is -0.497 e. The van der Waals surface area contributed by atoms with Crippen molar-refractivity contribution in [1.29, 1.82) is 0 Å². The van der Waals surface area contributed by atoms with Gasteiger partial charge in [0, 0.05) is 48.2 Å². The van der Waals surface area contributed by atoms with E-state index in [-0.39, 0.29) is 11.9 Å². The zero-order chi connectivity index (χ0) is 23.4. The molecular weight excluding hydrogens is 418 g/mol. The number of methoxy groups -OCH3 is 2. The lowest BCUT2D eigenvalue weighted by molar-refractivity contribution is 0.0690. The Bertz CT molecular complexity index is 1250. The zero-order valence-electron chi connectivity index (χ0n) is 19.2. The van der Waals surface area contributed by atoms with Crippen molar-refractivity contribution < 1.29 is 14.3 Å². The fraction of sp³-hybridized carbons (Fsp3) is 0.280. The first-order valence-electron chi connectivity index (χ1n) is 10.7. The van der Waals surface area contributed by atoms with E-state index in [0.717, 1.165) is 22.3 Å². The van der Waals surface area contributed by atoms with E-state index in [0.29, 0.717) is 30.0 Å². The topological polar surface area (TPSA) is 82.4 Å². The number of nitrogens with zero attached hydrogens (tertiary/aromatic N) is 5. The molecule has 0 saturated carbocycles. The van der Waals surface area contributed by atoms with Gasteiger partial charge in [0.15, 0.2) is 5.65 Å². The molecule has 1 aromatic carbocycles. The Morgan fingerprint density at radius 3 is 2.64 bits per heavy atom. The van der Waals surface area contributed by atoms with Gasteiger partial charge in [-0.05, 0) is 43.7 Å². The molecule has 4 aromatic rings. The Balaban J connectivity index is 1.59. The summed E-state index contributed by atoms with van der Waals surface area (Å²) < 4.78 is 12.6. The molecule has 0 atom stereocenters. The van der Waals surface area contributed by atoms with E-state index in [4.69, 9.17) is 9.47 Å². The van der Waals surface area contributed by atoms with Crippen LogP contribution in [0.15, 0.2) is 61.2 Å². The zero-order valence-corrected chi connectivity index (χ0v) is 19.2. The Kier molecular flexibility index (Phi) is 6.53. The number of benzene rings is 1. The Hall–Kier alpha value is -3.94. The van der Waals surface area contributed by atoms with Gasteiger partial charge in [0.2, 0.25) is 0 Å². The second-order valence-corrected chi connectivity index (χ2v) is 8.00. The fourth-order valence-electron chi connectivity index (χ4n) is 3.69. The number of amides is 1. The van der Waals surface area contributed by atoms with Crippen molar-refractivity contribution in [2.24, 2.45) is 0 Å². The lowest BCUT2D eigenvalue weighted by Crippen LogP contribution is -2.36. The summed E-state index contributed by atoms with van der Waals surface area (Å²) in [7, 11) is 3.25. The van der Waals surface area contributed by atoms with Gasteiger partial charge >= 0.3 is 0 Å². The van der Waals surface area contributed by atoms with Crippen LogP contribution in [0.3, 0.4) is 0 Å². The number of hydrogen-bond acceptors (Lipinski definition) is 6. The predicted molar refractivity (Wildman–Crippen MR) is 125 cm³/mol. The Morgan fingerprint density at radius 2 is 1.94 bits per heavy atom. The van der Waals surface area contributed by atoms with Crippen molar-refractivity contribution in [2.45, 2.75) is 33.0 Å². The second kappa shape index (κ2) is 9.68. The molecule has 3 heterocycles. The monoisotopic (exact) mass is 445 g/mol. The van der Waals surface area contributed by atoms with Gasteiger partial charge < -0.3 is 14.4 Å². The molecule has 0 bridgehead atoms. The average Bonchev–Trinajstić information content (AvgIpc) is 3.24. The molecule has 0 aliphatic rings. The number of carbonyl (C=O) groups is 1. The van der Waals surface area contributed by atoms with Crippen molar-refractivity contribution in [3.8, 4) is 11.5 Å². The SMILES string of the molecule is COc1ccc(Cn2ncc3cc(C(=O)N(Cc4cccnc4)C(C)C)cnc32)c(OC)c1. The second-order valence-electron chi connectivity index (χ2n) is 8.00. The maximum absolute atomic E-state index is 13.3. The molecule has 0 unspecified atom stereocenters. The van der Waals surface area contributed by atoms with Gasteiger partial charge in [0.1, 0.15) is 11.5 Å². The number of carbonyl (C=O) groups excluding carboxylic acids is 1. The number of hydrogen-bond donors (Lipinski definition) is 0. The number of fused-ring (bicyclic) bond motifs is 1. The van der Waals surface area contributed by atoms with Gasteiger partial charge in [-0.15, -0.1) is 0 Å². The molecule has 1 amide bonds. The molecule has 0 aliphatic carbocycles. The molecule has 33 heavy (non-hydrogen) atoms. The number of ether oxygens (including phenoxy) is 2. The molecule has 0 radical (unpaired) electrons. The molecule has 3 aromatic heterocycles. The largest absolute Gasteiger partial charge is 0.497 e. The molecule has 0 aliphatic heterocycles. The number of pyridine rings is 2. The number of aromatic nitrogens is 4. The van der Waals surface area contributed by atoms with Crippen LogP contribution in [0.2, 0.25) is 0 Å². The van der Waals surface area contributed by atoms with E-state index in [1.54, 1.807) is 43.7 Å². The third-order valence-electron chi connectivity index (χ3n) is 5.50. The van der Waals surface area contributed by atoms with Gasteiger partial charge in [0.25, 0.3) is 5.91 Å². The smallest absolute Gasteiger partial charge is 0.255 e. The molecule has 0 spiro atoms. The highest BCUT2D eigenvalue weighted by Crippen LogP contribution is 2.26. The fourth-order valence-corrected chi connectivity index (χ4v) is 3.69. The highest BCUT2D eigenvalue weighted by Gasteiger charge is 2.21. The van der Waals surface area contributed by atoms with Crippen LogP contribution < -0.4 is 9.47 Å². The Morgan fingerprint density at radius 1 is 1.09 bits per heavy atom. The minimum absolute atomic E-state index is 0.0265. The number of rotatable bonds is 8. The van der Waals surface area contributed by atoms with Crippen LogP contribution in [0.25, 0.3) is 11.0 Å². The van der Waals surface area contributed by atoms with E-state index in [9.17, 15) is 4.79 Å².